The molecular weight excluding hydrogens is 531 g/mol. The SMILES string of the molecule is CN=C(NCCc1cnn(-c2ccccc2)c1)N(C)Cc1cc(Br)cn1C.I. The number of aromatic nitrogens is 3. The molecular formula is C20H26BrIN6. The van der Waals surface area contributed by atoms with Crippen molar-refractivity contribution in [3.8, 4) is 5.69 Å². The van der Waals surface area contributed by atoms with Crippen LogP contribution in [-0.4, -0.2) is 45.8 Å². The lowest BCUT2D eigenvalue weighted by atomic mass is 10.2. The number of nitrogens with one attached hydrogen (secondary N) is 1. The van der Waals surface area contributed by atoms with Gasteiger partial charge >= 0.3 is 0 Å². The van der Waals surface area contributed by atoms with Gasteiger partial charge in [-0.3, -0.25) is 4.99 Å². The van der Waals surface area contributed by atoms with Gasteiger partial charge in [0.1, 0.15) is 0 Å². The van der Waals surface area contributed by atoms with Crippen LogP contribution >= 0.6 is 39.9 Å². The summed E-state index contributed by atoms with van der Waals surface area (Å²) in [5.74, 6) is 0.878. The molecule has 0 amide bonds. The first-order chi connectivity index (χ1) is 13.1. The molecule has 0 unspecified atom stereocenters. The molecule has 2 aromatic heterocycles. The van der Waals surface area contributed by atoms with Gasteiger partial charge in [-0.05, 0) is 46.1 Å². The van der Waals surface area contributed by atoms with E-state index in [0.29, 0.717) is 0 Å². The Kier molecular flexibility index (Phi) is 8.56. The van der Waals surface area contributed by atoms with Crippen molar-refractivity contribution in [2.75, 3.05) is 20.6 Å². The van der Waals surface area contributed by atoms with Gasteiger partial charge in [0.05, 0.1) is 18.4 Å². The summed E-state index contributed by atoms with van der Waals surface area (Å²) < 4.78 is 5.11. The Labute approximate surface area is 191 Å². The summed E-state index contributed by atoms with van der Waals surface area (Å²) in [7, 11) is 5.91. The van der Waals surface area contributed by atoms with E-state index in [9.17, 15) is 0 Å². The number of guanidine groups is 1. The molecule has 0 aliphatic heterocycles. The molecule has 0 aliphatic carbocycles. The minimum atomic E-state index is 0. The molecule has 1 N–H and O–H groups in total. The van der Waals surface area contributed by atoms with Gasteiger partial charge in [0.15, 0.2) is 5.96 Å². The third-order valence-electron chi connectivity index (χ3n) is 4.40. The van der Waals surface area contributed by atoms with E-state index in [1.54, 1.807) is 0 Å². The lowest BCUT2D eigenvalue weighted by molar-refractivity contribution is 0.462. The zero-order chi connectivity index (χ0) is 19.2. The van der Waals surface area contributed by atoms with E-state index in [1.807, 2.05) is 55.3 Å². The smallest absolute Gasteiger partial charge is 0.193 e. The van der Waals surface area contributed by atoms with Crippen LogP contribution in [0.15, 0.2) is 64.5 Å². The third kappa shape index (κ3) is 5.84. The Balaban J connectivity index is 0.00000280. The predicted molar refractivity (Wildman–Crippen MR) is 129 cm³/mol. The molecule has 150 valence electrons. The maximum Gasteiger partial charge on any atom is 0.193 e. The van der Waals surface area contributed by atoms with Crippen LogP contribution in [0.3, 0.4) is 0 Å². The largest absolute Gasteiger partial charge is 0.356 e. The number of halogens is 2. The molecule has 3 aromatic rings. The van der Waals surface area contributed by atoms with Gasteiger partial charge in [-0.2, -0.15) is 5.10 Å². The van der Waals surface area contributed by atoms with Crippen molar-refractivity contribution in [2.45, 2.75) is 13.0 Å². The summed E-state index contributed by atoms with van der Waals surface area (Å²) in [6.45, 7) is 1.59. The number of nitrogens with zero attached hydrogens (tertiary/aromatic N) is 5. The molecule has 0 saturated carbocycles. The molecule has 0 saturated heterocycles. The topological polar surface area (TPSA) is 50.4 Å². The van der Waals surface area contributed by atoms with Crippen LogP contribution < -0.4 is 5.32 Å². The van der Waals surface area contributed by atoms with E-state index in [1.165, 1.54) is 11.3 Å². The van der Waals surface area contributed by atoms with Crippen LogP contribution in [0.25, 0.3) is 5.69 Å². The molecule has 28 heavy (non-hydrogen) atoms. The van der Waals surface area contributed by atoms with Gasteiger partial charge in [-0.1, -0.05) is 18.2 Å². The standard InChI is InChI=1S/C20H25BrN6.HI/c1-22-20(26(3)15-19-11-17(21)14-25(19)2)23-10-9-16-12-24-27(13-16)18-7-5-4-6-8-18;/h4-8,11-14H,9-10,15H2,1-3H3,(H,22,23);1H. The fraction of sp³-hybridized carbons (Fsp3) is 0.300. The Morgan fingerprint density at radius 1 is 1.25 bits per heavy atom. The Hall–Kier alpha value is -1.81. The van der Waals surface area contributed by atoms with Crippen LogP contribution in [0, 0.1) is 0 Å². The lowest BCUT2D eigenvalue weighted by Crippen LogP contribution is -2.39. The molecule has 2 heterocycles. The van der Waals surface area contributed by atoms with Crippen molar-refractivity contribution in [3.05, 3.63) is 70.7 Å². The van der Waals surface area contributed by atoms with Crippen LogP contribution in [-0.2, 0) is 20.0 Å². The Morgan fingerprint density at radius 3 is 2.64 bits per heavy atom. The van der Waals surface area contributed by atoms with E-state index in [2.05, 4.69) is 66.3 Å². The molecule has 6 nitrogen and oxygen atoms in total. The van der Waals surface area contributed by atoms with Crippen LogP contribution in [0.2, 0.25) is 0 Å². The third-order valence-corrected chi connectivity index (χ3v) is 4.83. The van der Waals surface area contributed by atoms with Crippen molar-refractivity contribution in [1.82, 2.24) is 24.6 Å². The van der Waals surface area contributed by atoms with Crippen molar-refractivity contribution in [3.63, 3.8) is 0 Å². The minimum absolute atomic E-state index is 0. The second kappa shape index (κ2) is 10.7. The summed E-state index contributed by atoms with van der Waals surface area (Å²) in [5.41, 5.74) is 3.48. The molecule has 0 atom stereocenters. The molecule has 8 heteroatoms. The minimum Gasteiger partial charge on any atom is -0.356 e. The zero-order valence-corrected chi connectivity index (χ0v) is 20.3. The highest BCUT2D eigenvalue weighted by molar-refractivity contribution is 14.0. The van der Waals surface area contributed by atoms with Crippen LogP contribution in [0.1, 0.15) is 11.3 Å². The molecule has 1 aromatic carbocycles. The number of aryl methyl sites for hydroxylation is 1. The first-order valence-electron chi connectivity index (χ1n) is 8.88. The number of rotatable bonds is 6. The van der Waals surface area contributed by atoms with Gasteiger partial charge in [-0.15, -0.1) is 24.0 Å². The summed E-state index contributed by atoms with van der Waals surface area (Å²) >= 11 is 3.52. The number of aliphatic imine (C=N–C) groups is 1. The van der Waals surface area contributed by atoms with Crippen LogP contribution in [0.5, 0.6) is 0 Å². The maximum atomic E-state index is 4.45. The Morgan fingerprint density at radius 2 is 2.00 bits per heavy atom. The van der Waals surface area contributed by atoms with Crippen molar-refractivity contribution >= 4 is 45.9 Å². The monoisotopic (exact) mass is 556 g/mol. The van der Waals surface area contributed by atoms with Crippen molar-refractivity contribution in [1.29, 1.82) is 0 Å². The van der Waals surface area contributed by atoms with E-state index >= 15 is 0 Å². The fourth-order valence-electron chi connectivity index (χ4n) is 2.96. The first kappa shape index (κ1) is 22.5. The van der Waals surface area contributed by atoms with Gasteiger partial charge in [-0.25, -0.2) is 4.68 Å². The maximum absolute atomic E-state index is 4.45. The summed E-state index contributed by atoms with van der Waals surface area (Å²) in [6.07, 6.45) is 6.94. The molecule has 0 aliphatic rings. The highest BCUT2D eigenvalue weighted by atomic mass is 127. The van der Waals surface area contributed by atoms with Gasteiger partial charge in [0.25, 0.3) is 0 Å². The van der Waals surface area contributed by atoms with E-state index in [4.69, 9.17) is 0 Å². The molecule has 0 spiro atoms. The van der Waals surface area contributed by atoms with Gasteiger partial charge in [0.2, 0.25) is 0 Å². The summed E-state index contributed by atoms with van der Waals surface area (Å²) in [6, 6.07) is 12.3. The summed E-state index contributed by atoms with van der Waals surface area (Å²) in [5, 5.41) is 7.88. The highest BCUT2D eigenvalue weighted by Crippen LogP contribution is 2.15. The van der Waals surface area contributed by atoms with E-state index in [0.717, 1.165) is 35.6 Å². The molecule has 0 radical (unpaired) electrons. The highest BCUT2D eigenvalue weighted by Gasteiger charge is 2.10. The zero-order valence-electron chi connectivity index (χ0n) is 16.3. The molecule has 0 fully saturated rings. The van der Waals surface area contributed by atoms with E-state index < -0.39 is 0 Å². The number of para-hydroxylation sites is 1. The summed E-state index contributed by atoms with van der Waals surface area (Å²) in [4.78, 5) is 6.51. The average Bonchev–Trinajstić information content (AvgIpc) is 3.26. The average molecular weight is 557 g/mol. The molecule has 0 bridgehead atoms. The number of benzene rings is 1. The predicted octanol–water partition coefficient (Wildman–Crippen LogP) is 3.84. The number of hydrogen-bond acceptors (Lipinski definition) is 2. The van der Waals surface area contributed by atoms with E-state index in [-0.39, 0.29) is 24.0 Å². The second-order valence-electron chi connectivity index (χ2n) is 6.47. The first-order valence-corrected chi connectivity index (χ1v) is 9.67. The lowest BCUT2D eigenvalue weighted by Gasteiger charge is -2.22. The fourth-order valence-corrected chi connectivity index (χ4v) is 3.53. The Bertz CT molecular complexity index is 903. The van der Waals surface area contributed by atoms with Gasteiger partial charge in [0, 0.05) is 50.2 Å². The van der Waals surface area contributed by atoms with Crippen LogP contribution in [0.4, 0.5) is 0 Å². The normalized spacial score (nSPS) is 11.2. The van der Waals surface area contributed by atoms with Gasteiger partial charge < -0.3 is 14.8 Å². The number of hydrogen-bond donors (Lipinski definition) is 1. The quantitative estimate of drug-likeness (QED) is 0.285. The van der Waals surface area contributed by atoms with Crippen molar-refractivity contribution < 1.29 is 0 Å². The second-order valence-corrected chi connectivity index (χ2v) is 7.38. The molecule has 3 rings (SSSR count). The van der Waals surface area contributed by atoms with Crippen molar-refractivity contribution in [2.24, 2.45) is 12.0 Å².